The molecule has 0 fully saturated rings. The Morgan fingerprint density at radius 3 is 2.94 bits per heavy atom. The molecule has 0 amide bonds. The minimum atomic E-state index is -1.04. The van der Waals surface area contributed by atoms with Crippen molar-refractivity contribution in [2.24, 2.45) is 5.73 Å². The Morgan fingerprint density at radius 2 is 2.24 bits per heavy atom. The van der Waals surface area contributed by atoms with Gasteiger partial charge in [0.1, 0.15) is 5.58 Å². The maximum atomic E-state index is 10.8. The number of carbonyl (C=O) groups is 1. The van der Waals surface area contributed by atoms with Crippen molar-refractivity contribution in [1.82, 2.24) is 0 Å². The van der Waals surface area contributed by atoms with Gasteiger partial charge in [-0.25, -0.2) is 4.79 Å². The van der Waals surface area contributed by atoms with Crippen molar-refractivity contribution < 1.29 is 14.3 Å². The van der Waals surface area contributed by atoms with E-state index in [1.54, 1.807) is 23.9 Å². The van der Waals surface area contributed by atoms with Crippen molar-refractivity contribution in [3.63, 3.8) is 0 Å². The molecular formula is C12H13NO3S. The summed E-state index contributed by atoms with van der Waals surface area (Å²) in [6.07, 6.45) is 0. The molecule has 1 aromatic heterocycles. The molecule has 2 aromatic rings. The van der Waals surface area contributed by atoms with Crippen molar-refractivity contribution in [2.75, 3.05) is 12.3 Å². The Labute approximate surface area is 103 Å². The zero-order chi connectivity index (χ0) is 12.3. The summed E-state index contributed by atoms with van der Waals surface area (Å²) in [6.45, 7) is 0.668. The molecule has 0 radical (unpaired) electrons. The maximum absolute atomic E-state index is 10.8. The van der Waals surface area contributed by atoms with Crippen LogP contribution in [0.3, 0.4) is 0 Å². The van der Waals surface area contributed by atoms with Crippen LogP contribution in [0.15, 0.2) is 28.7 Å². The largest absolute Gasteiger partial charge is 0.475 e. The summed E-state index contributed by atoms with van der Waals surface area (Å²) < 4.78 is 5.18. The predicted molar refractivity (Wildman–Crippen MR) is 68.4 cm³/mol. The number of furan rings is 1. The lowest BCUT2D eigenvalue weighted by Gasteiger charge is -1.99. The Morgan fingerprint density at radius 1 is 1.41 bits per heavy atom. The lowest BCUT2D eigenvalue weighted by Crippen LogP contribution is -2.01. The van der Waals surface area contributed by atoms with E-state index in [2.05, 4.69) is 0 Å². The van der Waals surface area contributed by atoms with Crippen LogP contribution in [-0.4, -0.2) is 23.4 Å². The molecule has 5 heteroatoms. The first-order valence-electron chi connectivity index (χ1n) is 5.24. The lowest BCUT2D eigenvalue weighted by atomic mass is 10.2. The molecule has 2 rings (SSSR count). The second-order valence-electron chi connectivity index (χ2n) is 3.63. The second-order valence-corrected chi connectivity index (χ2v) is 4.73. The first-order valence-corrected chi connectivity index (χ1v) is 6.40. The van der Waals surface area contributed by atoms with Crippen LogP contribution < -0.4 is 5.73 Å². The molecule has 0 atom stereocenters. The molecule has 4 nitrogen and oxygen atoms in total. The highest BCUT2D eigenvalue weighted by Gasteiger charge is 2.10. The Bertz CT molecular complexity index is 536. The number of thioether (sulfide) groups is 1. The minimum Gasteiger partial charge on any atom is -0.475 e. The molecule has 0 spiro atoms. The third-order valence-corrected chi connectivity index (χ3v) is 3.38. The summed E-state index contributed by atoms with van der Waals surface area (Å²) in [7, 11) is 0. The van der Waals surface area contributed by atoms with Gasteiger partial charge in [0.25, 0.3) is 0 Å². The molecular weight excluding hydrogens is 238 g/mol. The monoisotopic (exact) mass is 251 g/mol. The quantitative estimate of drug-likeness (QED) is 0.797. The Balaban J connectivity index is 2.21. The Kier molecular flexibility index (Phi) is 3.71. The standard InChI is InChI=1S/C12H13NO3S/c13-3-4-17-7-8-1-2-10-9(5-8)6-11(16-10)12(14)15/h1-2,5-6H,3-4,7,13H2,(H,14,15). The number of hydrogen-bond donors (Lipinski definition) is 2. The van der Waals surface area contributed by atoms with E-state index in [1.165, 1.54) is 0 Å². The smallest absolute Gasteiger partial charge is 0.371 e. The number of nitrogens with two attached hydrogens (primary N) is 1. The number of carboxylic acids is 1. The van der Waals surface area contributed by atoms with E-state index in [0.717, 1.165) is 22.5 Å². The molecule has 0 bridgehead atoms. The summed E-state index contributed by atoms with van der Waals surface area (Å²) in [5.41, 5.74) is 7.17. The fourth-order valence-electron chi connectivity index (χ4n) is 1.56. The highest BCUT2D eigenvalue weighted by atomic mass is 32.2. The van der Waals surface area contributed by atoms with E-state index in [-0.39, 0.29) is 5.76 Å². The number of rotatable bonds is 5. The van der Waals surface area contributed by atoms with Crippen LogP contribution in [-0.2, 0) is 5.75 Å². The SMILES string of the molecule is NCCSCc1ccc2oc(C(=O)O)cc2c1. The van der Waals surface area contributed by atoms with E-state index >= 15 is 0 Å². The van der Waals surface area contributed by atoms with Crippen LogP contribution in [0.25, 0.3) is 11.0 Å². The molecule has 1 heterocycles. The van der Waals surface area contributed by atoms with Crippen molar-refractivity contribution >= 4 is 28.7 Å². The molecule has 3 N–H and O–H groups in total. The third kappa shape index (κ3) is 2.81. The molecule has 0 aliphatic rings. The minimum absolute atomic E-state index is 0.0215. The fraction of sp³-hybridized carbons (Fsp3) is 0.250. The fourth-order valence-corrected chi connectivity index (χ4v) is 2.29. The van der Waals surface area contributed by atoms with Crippen LogP contribution in [0, 0.1) is 0 Å². The van der Waals surface area contributed by atoms with E-state index < -0.39 is 5.97 Å². The summed E-state index contributed by atoms with van der Waals surface area (Å²) in [5, 5.41) is 9.64. The number of hydrogen-bond acceptors (Lipinski definition) is 4. The highest BCUT2D eigenvalue weighted by molar-refractivity contribution is 7.98. The van der Waals surface area contributed by atoms with Crippen LogP contribution in [0.2, 0.25) is 0 Å². The molecule has 0 saturated carbocycles. The van der Waals surface area contributed by atoms with E-state index in [1.807, 2.05) is 12.1 Å². The van der Waals surface area contributed by atoms with Crippen LogP contribution >= 0.6 is 11.8 Å². The number of benzene rings is 1. The van der Waals surface area contributed by atoms with E-state index in [9.17, 15) is 4.79 Å². The normalized spacial score (nSPS) is 10.9. The van der Waals surface area contributed by atoms with Crippen LogP contribution in [0.5, 0.6) is 0 Å². The predicted octanol–water partition coefficient (Wildman–Crippen LogP) is 2.32. The molecule has 0 unspecified atom stereocenters. The first kappa shape index (κ1) is 12.0. The van der Waals surface area contributed by atoms with Gasteiger partial charge >= 0.3 is 5.97 Å². The Hall–Kier alpha value is -1.46. The van der Waals surface area contributed by atoms with Crippen LogP contribution in [0.4, 0.5) is 0 Å². The van der Waals surface area contributed by atoms with Gasteiger partial charge in [-0.15, -0.1) is 0 Å². The van der Waals surface area contributed by atoms with Crippen LogP contribution in [0.1, 0.15) is 16.1 Å². The average molecular weight is 251 g/mol. The molecule has 90 valence electrons. The van der Waals surface area contributed by atoms with Crippen molar-refractivity contribution in [3.05, 3.63) is 35.6 Å². The first-order chi connectivity index (χ1) is 8.20. The van der Waals surface area contributed by atoms with Crippen molar-refractivity contribution in [3.8, 4) is 0 Å². The number of carboxylic acid groups (broad SMARTS) is 1. The third-order valence-electron chi connectivity index (χ3n) is 2.32. The summed E-state index contributed by atoms with van der Waals surface area (Å²) in [5.74, 6) is 0.733. The maximum Gasteiger partial charge on any atom is 0.371 e. The second kappa shape index (κ2) is 5.25. The van der Waals surface area contributed by atoms with Gasteiger partial charge in [-0.05, 0) is 23.8 Å². The number of fused-ring (bicyclic) bond motifs is 1. The van der Waals surface area contributed by atoms with E-state index in [4.69, 9.17) is 15.3 Å². The van der Waals surface area contributed by atoms with E-state index in [0.29, 0.717) is 12.1 Å². The van der Waals surface area contributed by atoms with Gasteiger partial charge in [0.05, 0.1) is 0 Å². The topological polar surface area (TPSA) is 76.5 Å². The van der Waals surface area contributed by atoms with Crippen molar-refractivity contribution in [2.45, 2.75) is 5.75 Å². The highest BCUT2D eigenvalue weighted by Crippen LogP contribution is 2.22. The molecule has 1 aromatic carbocycles. The number of aromatic carboxylic acids is 1. The molecule has 17 heavy (non-hydrogen) atoms. The molecule has 0 saturated heterocycles. The van der Waals surface area contributed by atoms with Gasteiger partial charge < -0.3 is 15.3 Å². The average Bonchev–Trinajstić information content (AvgIpc) is 2.72. The summed E-state index contributed by atoms with van der Waals surface area (Å²) in [6, 6.07) is 7.25. The van der Waals surface area contributed by atoms with Gasteiger partial charge in [-0.3, -0.25) is 0 Å². The lowest BCUT2D eigenvalue weighted by molar-refractivity contribution is 0.0665. The van der Waals surface area contributed by atoms with Gasteiger partial charge in [0.15, 0.2) is 0 Å². The molecule has 0 aliphatic carbocycles. The van der Waals surface area contributed by atoms with Gasteiger partial charge in [0, 0.05) is 23.4 Å². The van der Waals surface area contributed by atoms with Gasteiger partial charge in [0.2, 0.25) is 5.76 Å². The van der Waals surface area contributed by atoms with Gasteiger partial charge in [-0.2, -0.15) is 11.8 Å². The zero-order valence-electron chi connectivity index (χ0n) is 9.18. The summed E-state index contributed by atoms with van der Waals surface area (Å²) in [4.78, 5) is 10.8. The summed E-state index contributed by atoms with van der Waals surface area (Å²) >= 11 is 1.76. The van der Waals surface area contributed by atoms with Gasteiger partial charge in [-0.1, -0.05) is 6.07 Å². The zero-order valence-corrected chi connectivity index (χ0v) is 10.00. The van der Waals surface area contributed by atoms with Crippen molar-refractivity contribution in [1.29, 1.82) is 0 Å². The molecule has 0 aliphatic heterocycles.